The summed E-state index contributed by atoms with van der Waals surface area (Å²) in [6, 6.07) is 2.58. The number of rotatable bonds is 7. The molecule has 0 aromatic carbocycles. The number of likely N-dealkylation sites (tertiary alicyclic amines) is 1. The Morgan fingerprint density at radius 2 is 1.94 bits per heavy atom. The third-order valence-electron chi connectivity index (χ3n) is 5.73. The van der Waals surface area contributed by atoms with Crippen molar-refractivity contribution < 1.29 is 26.7 Å². The second-order valence-corrected chi connectivity index (χ2v) is 8.65. The molecule has 0 aliphatic carbocycles. The number of amides is 1. The Morgan fingerprint density at radius 3 is 2.50 bits per heavy atom. The van der Waals surface area contributed by atoms with Gasteiger partial charge in [0.15, 0.2) is 5.69 Å². The molecule has 1 saturated heterocycles. The number of carbonyl (C=O) groups excluding carboxylic acids is 1. The number of hydrogen-bond acceptors (Lipinski definition) is 7. The van der Waals surface area contributed by atoms with E-state index in [-0.39, 0.29) is 17.9 Å². The van der Waals surface area contributed by atoms with Crippen molar-refractivity contribution in [2.45, 2.75) is 38.4 Å². The first-order valence-electron chi connectivity index (χ1n) is 11.0. The molecule has 1 amide bonds. The fourth-order valence-electron chi connectivity index (χ4n) is 3.96. The Balaban J connectivity index is 1.84. The molecule has 3 N–H and O–H groups in total. The van der Waals surface area contributed by atoms with Crippen molar-refractivity contribution in [1.29, 1.82) is 5.41 Å². The zero-order valence-electron chi connectivity index (χ0n) is 19.8. The van der Waals surface area contributed by atoms with Gasteiger partial charge in [0, 0.05) is 38.0 Å². The lowest BCUT2D eigenvalue weighted by atomic mass is 9.87. The van der Waals surface area contributed by atoms with Crippen molar-refractivity contribution >= 4 is 23.0 Å². The van der Waals surface area contributed by atoms with Crippen LogP contribution < -0.4 is 10.6 Å². The molecule has 2 aromatic heterocycles. The van der Waals surface area contributed by atoms with Gasteiger partial charge < -0.3 is 15.5 Å². The van der Waals surface area contributed by atoms with E-state index in [4.69, 9.17) is 5.41 Å². The van der Waals surface area contributed by atoms with E-state index in [1.165, 1.54) is 6.20 Å². The lowest BCUT2D eigenvalue weighted by Gasteiger charge is -2.43. The maximum Gasteiger partial charge on any atom is 0.434 e. The van der Waals surface area contributed by atoms with Crippen LogP contribution in [0.1, 0.15) is 30.3 Å². The molecule has 13 heteroatoms. The molecule has 2 unspecified atom stereocenters. The Hall–Kier alpha value is -3.64. The van der Waals surface area contributed by atoms with E-state index < -0.39 is 54.3 Å². The number of nitrogens with one attached hydrogen (secondary N) is 3. The number of carbonyl (C=O) groups is 1. The topological polar surface area (TPSA) is 107 Å². The highest BCUT2D eigenvalue weighted by atomic mass is 19.4. The SMILES string of the molecule is CN/C=C(\C(=N)C(=O)N1CC(F)(F)CC(C)C1CNc1cnc(C(F)(F)F)cn1)c1ccc(C)cn1. The summed E-state index contributed by atoms with van der Waals surface area (Å²) in [6.45, 7) is 2.39. The number of aryl methyl sites for hydroxylation is 1. The molecule has 2 atom stereocenters. The quantitative estimate of drug-likeness (QED) is 0.386. The van der Waals surface area contributed by atoms with Crippen LogP contribution in [0.25, 0.3) is 5.57 Å². The summed E-state index contributed by atoms with van der Waals surface area (Å²) in [5, 5.41) is 14.0. The molecule has 2 aromatic rings. The molecule has 0 saturated carbocycles. The maximum atomic E-state index is 14.5. The van der Waals surface area contributed by atoms with Crippen molar-refractivity contribution in [3.8, 4) is 0 Å². The van der Waals surface area contributed by atoms with Crippen molar-refractivity contribution in [3.05, 3.63) is 53.9 Å². The molecular weight excluding hydrogens is 485 g/mol. The van der Waals surface area contributed by atoms with Gasteiger partial charge in [-0.1, -0.05) is 13.0 Å². The van der Waals surface area contributed by atoms with Crippen molar-refractivity contribution in [1.82, 2.24) is 25.2 Å². The van der Waals surface area contributed by atoms with Crippen molar-refractivity contribution in [3.63, 3.8) is 0 Å². The number of nitrogens with zero attached hydrogens (tertiary/aromatic N) is 4. The zero-order chi connectivity index (χ0) is 26.7. The van der Waals surface area contributed by atoms with Crippen LogP contribution in [0.15, 0.2) is 36.9 Å². The van der Waals surface area contributed by atoms with Gasteiger partial charge in [-0.3, -0.25) is 15.2 Å². The summed E-state index contributed by atoms with van der Waals surface area (Å²) in [4.78, 5) is 25.5. The van der Waals surface area contributed by atoms with Gasteiger partial charge in [-0.2, -0.15) is 13.2 Å². The lowest BCUT2D eigenvalue weighted by Crippen LogP contribution is -2.58. The summed E-state index contributed by atoms with van der Waals surface area (Å²) in [5.41, 5.74) is -0.380. The third kappa shape index (κ3) is 6.32. The van der Waals surface area contributed by atoms with Gasteiger partial charge in [-0.15, -0.1) is 0 Å². The number of piperidine rings is 1. The van der Waals surface area contributed by atoms with Gasteiger partial charge in [0.1, 0.15) is 11.5 Å². The van der Waals surface area contributed by atoms with Gasteiger partial charge in [0.05, 0.1) is 30.7 Å². The van der Waals surface area contributed by atoms with Crippen LogP contribution in [-0.4, -0.2) is 63.6 Å². The molecule has 194 valence electrons. The summed E-state index contributed by atoms with van der Waals surface area (Å²) in [7, 11) is 1.57. The molecule has 3 heterocycles. The summed E-state index contributed by atoms with van der Waals surface area (Å²) >= 11 is 0. The smallest absolute Gasteiger partial charge is 0.393 e. The molecule has 1 aliphatic heterocycles. The van der Waals surface area contributed by atoms with Crippen LogP contribution in [0.5, 0.6) is 0 Å². The first-order chi connectivity index (χ1) is 16.8. The summed E-state index contributed by atoms with van der Waals surface area (Å²) in [6.07, 6.45) is -0.740. The van der Waals surface area contributed by atoms with Crippen LogP contribution in [0.2, 0.25) is 0 Å². The maximum absolute atomic E-state index is 14.5. The molecule has 0 spiro atoms. The van der Waals surface area contributed by atoms with E-state index >= 15 is 0 Å². The first kappa shape index (κ1) is 27.0. The average molecular weight is 511 g/mol. The van der Waals surface area contributed by atoms with Crippen LogP contribution in [0.3, 0.4) is 0 Å². The van der Waals surface area contributed by atoms with Crippen LogP contribution in [-0.2, 0) is 11.0 Å². The number of anilines is 1. The molecule has 1 fully saturated rings. The number of pyridine rings is 1. The van der Waals surface area contributed by atoms with Gasteiger partial charge in [-0.25, -0.2) is 18.7 Å². The Morgan fingerprint density at radius 1 is 1.22 bits per heavy atom. The number of alkyl halides is 5. The normalized spacial score (nSPS) is 20.1. The van der Waals surface area contributed by atoms with E-state index in [0.717, 1.165) is 16.7 Å². The number of aromatic nitrogens is 3. The molecule has 1 aliphatic rings. The third-order valence-corrected chi connectivity index (χ3v) is 5.73. The predicted octanol–water partition coefficient (Wildman–Crippen LogP) is 3.76. The highest BCUT2D eigenvalue weighted by molar-refractivity contribution is 6.54. The standard InChI is InChI=1S/C23H26F5N7O/c1-13-4-5-16(31-7-13)15(8-30-3)20(29)21(36)35-12-22(24,25)6-14(2)17(35)9-33-19-11-32-18(10-34-19)23(26,27)28/h4-5,7-8,10-11,14,17,29-30H,6,9,12H2,1-3H3,(H,33,34)/b15-8-,29-20?. The first-order valence-corrected chi connectivity index (χ1v) is 11.0. The highest BCUT2D eigenvalue weighted by Gasteiger charge is 2.47. The molecule has 36 heavy (non-hydrogen) atoms. The average Bonchev–Trinajstić information content (AvgIpc) is 2.80. The number of halogens is 5. The lowest BCUT2D eigenvalue weighted by molar-refractivity contribution is -0.145. The fourth-order valence-corrected chi connectivity index (χ4v) is 3.96. The van der Waals surface area contributed by atoms with Crippen LogP contribution >= 0.6 is 0 Å². The van der Waals surface area contributed by atoms with E-state index in [2.05, 4.69) is 25.6 Å². The summed E-state index contributed by atoms with van der Waals surface area (Å²) in [5.74, 6) is -4.78. The molecule has 3 rings (SSSR count). The molecule has 0 radical (unpaired) electrons. The van der Waals surface area contributed by atoms with Gasteiger partial charge in [0.2, 0.25) is 0 Å². The predicted molar refractivity (Wildman–Crippen MR) is 123 cm³/mol. The minimum absolute atomic E-state index is 0.00497. The van der Waals surface area contributed by atoms with Crippen molar-refractivity contribution in [2.75, 3.05) is 25.5 Å². The van der Waals surface area contributed by atoms with Crippen LogP contribution in [0.4, 0.5) is 27.8 Å². The second kappa shape index (κ2) is 10.5. The monoisotopic (exact) mass is 511 g/mol. The minimum Gasteiger partial charge on any atom is -0.393 e. The minimum atomic E-state index is -4.65. The Bertz CT molecular complexity index is 1120. The van der Waals surface area contributed by atoms with E-state index in [9.17, 15) is 26.7 Å². The zero-order valence-corrected chi connectivity index (χ0v) is 19.8. The Kier molecular flexibility index (Phi) is 7.89. The van der Waals surface area contributed by atoms with E-state index in [1.54, 1.807) is 32.3 Å². The second-order valence-electron chi connectivity index (χ2n) is 8.65. The van der Waals surface area contributed by atoms with Crippen LogP contribution in [0, 0.1) is 18.3 Å². The van der Waals surface area contributed by atoms with E-state index in [1.807, 2.05) is 6.92 Å². The molecule has 8 nitrogen and oxygen atoms in total. The van der Waals surface area contributed by atoms with Crippen molar-refractivity contribution in [2.24, 2.45) is 5.92 Å². The van der Waals surface area contributed by atoms with E-state index in [0.29, 0.717) is 11.9 Å². The largest absolute Gasteiger partial charge is 0.434 e. The Labute approximate surface area is 204 Å². The van der Waals surface area contributed by atoms with Gasteiger partial charge >= 0.3 is 6.18 Å². The summed E-state index contributed by atoms with van der Waals surface area (Å²) < 4.78 is 67.2. The van der Waals surface area contributed by atoms with Gasteiger partial charge in [0.25, 0.3) is 11.8 Å². The molecule has 0 bridgehead atoms. The number of hydrogen-bond donors (Lipinski definition) is 3. The molecular formula is C23H26F5N7O. The highest BCUT2D eigenvalue weighted by Crippen LogP contribution is 2.35. The van der Waals surface area contributed by atoms with Gasteiger partial charge in [-0.05, 0) is 24.5 Å². The fraction of sp³-hybridized carbons (Fsp3) is 0.435.